The molecule has 2 N–H and O–H groups in total. The molecule has 0 saturated heterocycles. The third-order valence-corrected chi connectivity index (χ3v) is 4.53. The van der Waals surface area contributed by atoms with Gasteiger partial charge in [0.05, 0.1) is 12.3 Å². The normalized spacial score (nSPS) is 15.4. The van der Waals surface area contributed by atoms with Crippen LogP contribution in [0, 0.1) is 5.92 Å². The number of ether oxygens (including phenoxy) is 1. The van der Waals surface area contributed by atoms with E-state index in [1.807, 2.05) is 6.07 Å². The molecule has 1 aliphatic carbocycles. The molecule has 1 saturated carbocycles. The molecule has 0 radical (unpaired) electrons. The van der Waals surface area contributed by atoms with Crippen molar-refractivity contribution in [3.05, 3.63) is 24.3 Å². The van der Waals surface area contributed by atoms with Gasteiger partial charge in [-0.3, -0.25) is 0 Å². The highest BCUT2D eigenvalue weighted by molar-refractivity contribution is 7.89. The van der Waals surface area contributed by atoms with Crippen LogP contribution in [0.3, 0.4) is 0 Å². The van der Waals surface area contributed by atoms with Crippen molar-refractivity contribution >= 4 is 15.7 Å². The number of sulfonamides is 1. The molecule has 0 atom stereocenters. The van der Waals surface area contributed by atoms with Gasteiger partial charge in [-0.25, -0.2) is 13.1 Å². The first-order valence-corrected chi connectivity index (χ1v) is 7.96. The first-order valence-electron chi connectivity index (χ1n) is 6.47. The van der Waals surface area contributed by atoms with E-state index in [0.29, 0.717) is 18.8 Å². The van der Waals surface area contributed by atoms with Gasteiger partial charge in [-0.15, -0.1) is 0 Å². The minimum absolute atomic E-state index is 0.264. The monoisotopic (exact) mass is 284 g/mol. The molecule has 1 aromatic rings. The van der Waals surface area contributed by atoms with E-state index in [1.165, 1.54) is 19.9 Å². The Morgan fingerprint density at radius 3 is 2.74 bits per heavy atom. The van der Waals surface area contributed by atoms with Gasteiger partial charge >= 0.3 is 0 Å². The van der Waals surface area contributed by atoms with Gasteiger partial charge < -0.3 is 10.1 Å². The summed E-state index contributed by atoms with van der Waals surface area (Å²) < 4.78 is 31.5. The van der Waals surface area contributed by atoms with E-state index < -0.39 is 10.0 Å². The summed E-state index contributed by atoms with van der Waals surface area (Å²) in [5.74, 6) is 0.747. The molecular formula is C13H20N2O3S. The van der Waals surface area contributed by atoms with Crippen molar-refractivity contribution in [2.45, 2.75) is 17.7 Å². The fourth-order valence-electron chi connectivity index (χ4n) is 1.75. The van der Waals surface area contributed by atoms with Gasteiger partial charge in [0.1, 0.15) is 4.90 Å². The Morgan fingerprint density at radius 1 is 1.32 bits per heavy atom. The molecule has 2 rings (SSSR count). The van der Waals surface area contributed by atoms with Crippen LogP contribution in [0.5, 0.6) is 0 Å². The van der Waals surface area contributed by atoms with Gasteiger partial charge in [0.2, 0.25) is 10.0 Å². The molecule has 0 spiro atoms. The number of rotatable bonds is 8. The van der Waals surface area contributed by atoms with Gasteiger partial charge in [0.25, 0.3) is 0 Å². The molecule has 0 aliphatic heterocycles. The maximum absolute atomic E-state index is 11.8. The number of nitrogens with one attached hydrogen (secondary N) is 2. The van der Waals surface area contributed by atoms with Crippen LogP contribution in [-0.2, 0) is 14.8 Å². The second kappa shape index (κ2) is 6.36. The van der Waals surface area contributed by atoms with Gasteiger partial charge in [0, 0.05) is 13.2 Å². The number of para-hydroxylation sites is 1. The van der Waals surface area contributed by atoms with Gasteiger partial charge in [-0.2, -0.15) is 0 Å². The van der Waals surface area contributed by atoms with Crippen molar-refractivity contribution < 1.29 is 13.2 Å². The Hall–Kier alpha value is -1.11. The molecule has 1 aromatic carbocycles. The smallest absolute Gasteiger partial charge is 0.242 e. The average molecular weight is 284 g/mol. The molecule has 0 unspecified atom stereocenters. The van der Waals surface area contributed by atoms with Crippen LogP contribution in [0.15, 0.2) is 29.2 Å². The highest BCUT2D eigenvalue weighted by Gasteiger charge is 2.21. The summed E-state index contributed by atoms with van der Waals surface area (Å²) in [7, 11) is -2.02. The molecule has 106 valence electrons. The molecule has 0 amide bonds. The summed E-state index contributed by atoms with van der Waals surface area (Å²) in [6.07, 6.45) is 2.55. The zero-order valence-corrected chi connectivity index (χ0v) is 11.9. The molecule has 0 bridgehead atoms. The van der Waals surface area contributed by atoms with Crippen LogP contribution < -0.4 is 10.0 Å². The van der Waals surface area contributed by atoms with Crippen molar-refractivity contribution in [1.82, 2.24) is 4.72 Å². The summed E-state index contributed by atoms with van der Waals surface area (Å²) in [4.78, 5) is 0.264. The fraction of sp³-hybridized carbons (Fsp3) is 0.538. The predicted molar refractivity (Wildman–Crippen MR) is 74.7 cm³/mol. The second-order valence-corrected chi connectivity index (χ2v) is 6.50. The van der Waals surface area contributed by atoms with Crippen LogP contribution in [0.25, 0.3) is 0 Å². The van der Waals surface area contributed by atoms with Crippen LogP contribution in [0.4, 0.5) is 5.69 Å². The number of benzene rings is 1. The zero-order valence-electron chi connectivity index (χ0n) is 11.1. The Balaban J connectivity index is 1.88. The lowest BCUT2D eigenvalue weighted by Gasteiger charge is -2.12. The van der Waals surface area contributed by atoms with E-state index in [2.05, 4.69) is 10.0 Å². The van der Waals surface area contributed by atoms with E-state index in [-0.39, 0.29) is 4.90 Å². The lowest BCUT2D eigenvalue weighted by Crippen LogP contribution is -2.21. The predicted octanol–water partition coefficient (Wildman–Crippen LogP) is 1.43. The summed E-state index contributed by atoms with van der Waals surface area (Å²) in [5.41, 5.74) is 0.604. The first kappa shape index (κ1) is 14.3. The van der Waals surface area contributed by atoms with Crippen molar-refractivity contribution in [2.24, 2.45) is 5.92 Å². The molecule has 0 heterocycles. The van der Waals surface area contributed by atoms with Gasteiger partial charge in [-0.05, 0) is 37.9 Å². The van der Waals surface area contributed by atoms with Crippen LogP contribution in [0.1, 0.15) is 12.8 Å². The molecule has 1 aliphatic rings. The van der Waals surface area contributed by atoms with Crippen LogP contribution >= 0.6 is 0 Å². The molecular weight excluding hydrogens is 264 g/mol. The molecule has 19 heavy (non-hydrogen) atoms. The summed E-state index contributed by atoms with van der Waals surface area (Å²) in [6.45, 7) is 2.01. The van der Waals surface area contributed by atoms with E-state index in [0.717, 1.165) is 12.5 Å². The van der Waals surface area contributed by atoms with E-state index in [4.69, 9.17) is 4.74 Å². The number of hydrogen-bond donors (Lipinski definition) is 2. The highest BCUT2D eigenvalue weighted by Crippen LogP contribution is 2.28. The Morgan fingerprint density at radius 2 is 2.05 bits per heavy atom. The Kier molecular flexibility index (Phi) is 4.79. The van der Waals surface area contributed by atoms with Gasteiger partial charge in [0.15, 0.2) is 0 Å². The fourth-order valence-corrected chi connectivity index (χ4v) is 2.66. The maximum atomic E-state index is 11.8. The minimum Gasteiger partial charge on any atom is -0.382 e. The lowest BCUT2D eigenvalue weighted by molar-refractivity contribution is 0.134. The van der Waals surface area contributed by atoms with Gasteiger partial charge in [-0.1, -0.05) is 12.1 Å². The first-order chi connectivity index (χ1) is 9.13. The van der Waals surface area contributed by atoms with E-state index in [1.54, 1.807) is 18.2 Å². The average Bonchev–Trinajstić information content (AvgIpc) is 3.23. The van der Waals surface area contributed by atoms with E-state index in [9.17, 15) is 8.42 Å². The second-order valence-electron chi connectivity index (χ2n) is 4.65. The van der Waals surface area contributed by atoms with Crippen molar-refractivity contribution in [2.75, 3.05) is 32.1 Å². The SMILES string of the molecule is CNS(=O)(=O)c1ccccc1NCCOCC1CC1. The number of hydrogen-bond acceptors (Lipinski definition) is 4. The highest BCUT2D eigenvalue weighted by atomic mass is 32.2. The Labute approximate surface area is 114 Å². The minimum atomic E-state index is -3.43. The molecule has 5 nitrogen and oxygen atoms in total. The molecule has 0 aromatic heterocycles. The quantitative estimate of drug-likeness (QED) is 0.709. The van der Waals surface area contributed by atoms with Crippen molar-refractivity contribution in [1.29, 1.82) is 0 Å². The van der Waals surface area contributed by atoms with Crippen molar-refractivity contribution in [3.8, 4) is 0 Å². The van der Waals surface area contributed by atoms with Crippen LogP contribution in [-0.4, -0.2) is 35.2 Å². The summed E-state index contributed by atoms with van der Waals surface area (Å²) in [6, 6.07) is 6.85. The standard InChI is InChI=1S/C13H20N2O3S/c1-14-19(16,17)13-5-3-2-4-12(13)15-8-9-18-10-11-6-7-11/h2-5,11,14-15H,6-10H2,1H3. The number of anilines is 1. The largest absolute Gasteiger partial charge is 0.382 e. The summed E-state index contributed by atoms with van der Waals surface area (Å²) in [5, 5.41) is 3.10. The molecule has 1 fully saturated rings. The van der Waals surface area contributed by atoms with E-state index >= 15 is 0 Å². The van der Waals surface area contributed by atoms with Crippen LogP contribution in [0.2, 0.25) is 0 Å². The van der Waals surface area contributed by atoms with Crippen molar-refractivity contribution in [3.63, 3.8) is 0 Å². The zero-order chi connectivity index (χ0) is 13.7. The third-order valence-electron chi connectivity index (χ3n) is 3.06. The Bertz CT molecular complexity index is 512. The molecule has 6 heteroatoms. The topological polar surface area (TPSA) is 67.4 Å². The summed E-state index contributed by atoms with van der Waals surface area (Å²) >= 11 is 0. The maximum Gasteiger partial charge on any atom is 0.242 e. The lowest BCUT2D eigenvalue weighted by atomic mass is 10.3. The third kappa shape index (κ3) is 4.19.